The number of carbonyl (C=O) groups excluding carboxylic acids is 1. The molecule has 0 amide bonds. The predicted molar refractivity (Wildman–Crippen MR) is 81.7 cm³/mol. The van der Waals surface area contributed by atoms with Gasteiger partial charge in [-0.1, -0.05) is 11.6 Å². The van der Waals surface area contributed by atoms with Gasteiger partial charge in [-0.05, 0) is 41.1 Å². The average molecular weight is 358 g/mol. The van der Waals surface area contributed by atoms with Gasteiger partial charge in [0, 0.05) is 24.6 Å². The van der Waals surface area contributed by atoms with Crippen LogP contribution in [0.25, 0.3) is 0 Å². The van der Waals surface area contributed by atoms with Gasteiger partial charge < -0.3 is 4.74 Å². The minimum atomic E-state index is -0.00801. The van der Waals surface area contributed by atoms with Gasteiger partial charge in [-0.2, -0.15) is 5.10 Å². The van der Waals surface area contributed by atoms with Crippen LogP contribution in [0.1, 0.15) is 21.6 Å². The zero-order valence-electron chi connectivity index (χ0n) is 11.4. The molecule has 0 saturated carbocycles. The van der Waals surface area contributed by atoms with Crippen molar-refractivity contribution < 1.29 is 9.53 Å². The standard InChI is InChI=1S/C14H14BrClN2O2/c1-8-10(14(16)18(2)17-8)7-12(19)9-4-5-13(20-3)11(15)6-9/h4-6H,7H2,1-3H3. The van der Waals surface area contributed by atoms with Crippen LogP contribution in [0.3, 0.4) is 0 Å². The average Bonchev–Trinajstić information content (AvgIpc) is 2.65. The van der Waals surface area contributed by atoms with Crippen molar-refractivity contribution in [1.82, 2.24) is 9.78 Å². The molecule has 1 heterocycles. The van der Waals surface area contributed by atoms with Gasteiger partial charge in [-0.15, -0.1) is 0 Å². The molecule has 0 fully saturated rings. The molecular formula is C14H14BrClN2O2. The Morgan fingerprint density at radius 1 is 1.50 bits per heavy atom. The van der Waals surface area contributed by atoms with Gasteiger partial charge in [-0.3, -0.25) is 9.48 Å². The predicted octanol–water partition coefficient (Wildman–Crippen LogP) is 3.58. The maximum Gasteiger partial charge on any atom is 0.167 e. The second-order valence-electron chi connectivity index (χ2n) is 4.43. The molecule has 2 aromatic rings. The highest BCUT2D eigenvalue weighted by molar-refractivity contribution is 9.10. The van der Waals surface area contributed by atoms with Crippen molar-refractivity contribution in [3.05, 3.63) is 44.6 Å². The molecule has 0 bridgehead atoms. The minimum Gasteiger partial charge on any atom is -0.496 e. The quantitative estimate of drug-likeness (QED) is 0.786. The molecule has 1 aromatic heterocycles. The molecule has 2 rings (SSSR count). The fourth-order valence-corrected chi connectivity index (χ4v) is 2.76. The van der Waals surface area contributed by atoms with Gasteiger partial charge >= 0.3 is 0 Å². The summed E-state index contributed by atoms with van der Waals surface area (Å²) in [4.78, 5) is 12.3. The normalized spacial score (nSPS) is 10.7. The van der Waals surface area contributed by atoms with Crippen LogP contribution in [-0.4, -0.2) is 22.7 Å². The number of aromatic nitrogens is 2. The number of ketones is 1. The number of ether oxygens (including phenoxy) is 1. The van der Waals surface area contributed by atoms with E-state index in [9.17, 15) is 4.79 Å². The first kappa shape index (κ1) is 15.1. The molecular weight excluding hydrogens is 344 g/mol. The largest absolute Gasteiger partial charge is 0.496 e. The van der Waals surface area contributed by atoms with E-state index in [2.05, 4.69) is 21.0 Å². The van der Waals surface area contributed by atoms with Crippen LogP contribution < -0.4 is 4.74 Å². The molecule has 0 aliphatic carbocycles. The Hall–Kier alpha value is -1.33. The van der Waals surface area contributed by atoms with Crippen molar-refractivity contribution in [3.8, 4) is 5.75 Å². The summed E-state index contributed by atoms with van der Waals surface area (Å²) >= 11 is 9.52. The third kappa shape index (κ3) is 2.88. The van der Waals surface area contributed by atoms with Crippen LogP contribution in [0.2, 0.25) is 5.15 Å². The highest BCUT2D eigenvalue weighted by Gasteiger charge is 2.17. The van der Waals surface area contributed by atoms with Crippen LogP contribution in [0.5, 0.6) is 5.75 Å². The van der Waals surface area contributed by atoms with Gasteiger partial charge in [0.1, 0.15) is 10.9 Å². The Morgan fingerprint density at radius 2 is 2.20 bits per heavy atom. The van der Waals surface area contributed by atoms with Crippen molar-refractivity contribution in [2.75, 3.05) is 7.11 Å². The third-order valence-corrected chi connectivity index (χ3v) is 4.17. The SMILES string of the molecule is COc1ccc(C(=O)Cc2c(C)nn(C)c2Cl)cc1Br. The van der Waals surface area contributed by atoms with Crippen molar-refractivity contribution >= 4 is 33.3 Å². The lowest BCUT2D eigenvalue weighted by Crippen LogP contribution is -2.05. The first-order valence-corrected chi connectivity index (χ1v) is 7.15. The van der Waals surface area contributed by atoms with Crippen LogP contribution >= 0.6 is 27.5 Å². The lowest BCUT2D eigenvalue weighted by Gasteiger charge is -2.06. The Kier molecular flexibility index (Phi) is 4.50. The van der Waals surface area contributed by atoms with Gasteiger partial charge in [0.2, 0.25) is 0 Å². The molecule has 0 unspecified atom stereocenters. The molecule has 0 saturated heterocycles. The summed E-state index contributed by atoms with van der Waals surface area (Å²) < 4.78 is 7.47. The first-order chi connectivity index (χ1) is 9.43. The lowest BCUT2D eigenvalue weighted by atomic mass is 10.0. The van der Waals surface area contributed by atoms with E-state index in [4.69, 9.17) is 16.3 Å². The van der Waals surface area contributed by atoms with Crippen molar-refractivity contribution in [2.24, 2.45) is 7.05 Å². The number of aryl methyl sites for hydroxylation is 2. The van der Waals surface area contributed by atoms with E-state index in [-0.39, 0.29) is 12.2 Å². The Labute approximate surface area is 130 Å². The Bertz CT molecular complexity index is 667. The number of hydrogen-bond acceptors (Lipinski definition) is 3. The number of nitrogens with zero attached hydrogens (tertiary/aromatic N) is 2. The summed E-state index contributed by atoms with van der Waals surface area (Å²) in [6.45, 7) is 1.85. The van der Waals surface area contributed by atoms with Gasteiger partial charge in [0.05, 0.1) is 17.3 Å². The molecule has 1 aromatic carbocycles. The van der Waals surface area contributed by atoms with Gasteiger partial charge in [0.15, 0.2) is 5.78 Å². The van der Waals surface area contributed by atoms with Gasteiger partial charge in [-0.25, -0.2) is 0 Å². The number of hydrogen-bond donors (Lipinski definition) is 0. The Balaban J connectivity index is 2.26. The summed E-state index contributed by atoms with van der Waals surface area (Å²) in [5.41, 5.74) is 2.15. The fraction of sp³-hybridized carbons (Fsp3) is 0.286. The highest BCUT2D eigenvalue weighted by atomic mass is 79.9. The highest BCUT2D eigenvalue weighted by Crippen LogP contribution is 2.27. The molecule has 0 N–H and O–H groups in total. The maximum atomic E-state index is 12.3. The molecule has 4 nitrogen and oxygen atoms in total. The molecule has 0 spiro atoms. The summed E-state index contributed by atoms with van der Waals surface area (Å²) in [6.07, 6.45) is 0.233. The summed E-state index contributed by atoms with van der Waals surface area (Å²) in [6, 6.07) is 5.25. The van der Waals surface area contributed by atoms with Crippen LogP contribution in [-0.2, 0) is 13.5 Å². The smallest absolute Gasteiger partial charge is 0.167 e. The summed E-state index contributed by atoms with van der Waals surface area (Å²) in [5.74, 6) is 0.684. The number of carbonyl (C=O) groups is 1. The first-order valence-electron chi connectivity index (χ1n) is 5.98. The van der Waals surface area contributed by atoms with E-state index in [0.717, 1.165) is 15.7 Å². The van der Waals surface area contributed by atoms with E-state index in [1.165, 1.54) is 0 Å². The lowest BCUT2D eigenvalue weighted by molar-refractivity contribution is 0.0992. The molecule has 106 valence electrons. The molecule has 20 heavy (non-hydrogen) atoms. The molecule has 6 heteroatoms. The van der Waals surface area contributed by atoms with Crippen LogP contribution in [0.4, 0.5) is 0 Å². The molecule has 0 atom stereocenters. The molecule has 0 radical (unpaired) electrons. The van der Waals surface area contributed by atoms with Crippen LogP contribution in [0.15, 0.2) is 22.7 Å². The van der Waals surface area contributed by atoms with Crippen molar-refractivity contribution in [2.45, 2.75) is 13.3 Å². The number of methoxy groups -OCH3 is 1. The number of benzene rings is 1. The van der Waals surface area contributed by atoms with E-state index in [1.807, 2.05) is 6.92 Å². The number of halogens is 2. The maximum absolute atomic E-state index is 12.3. The van der Waals surface area contributed by atoms with E-state index in [0.29, 0.717) is 16.5 Å². The zero-order chi connectivity index (χ0) is 14.9. The van der Waals surface area contributed by atoms with E-state index in [1.54, 1.807) is 37.0 Å². The second-order valence-corrected chi connectivity index (χ2v) is 5.64. The second kappa shape index (κ2) is 5.97. The van der Waals surface area contributed by atoms with Crippen molar-refractivity contribution in [3.63, 3.8) is 0 Å². The minimum absolute atomic E-state index is 0.00801. The number of rotatable bonds is 4. The molecule has 0 aliphatic heterocycles. The summed E-state index contributed by atoms with van der Waals surface area (Å²) in [5, 5.41) is 4.71. The Morgan fingerprint density at radius 3 is 2.70 bits per heavy atom. The topological polar surface area (TPSA) is 44.1 Å². The van der Waals surface area contributed by atoms with Crippen molar-refractivity contribution in [1.29, 1.82) is 0 Å². The summed E-state index contributed by atoms with van der Waals surface area (Å²) in [7, 11) is 3.34. The van der Waals surface area contributed by atoms with E-state index < -0.39 is 0 Å². The monoisotopic (exact) mass is 356 g/mol. The van der Waals surface area contributed by atoms with Crippen LogP contribution in [0, 0.1) is 6.92 Å². The number of Topliss-reactive ketones (excluding diaryl/α,β-unsaturated/α-hetero) is 1. The van der Waals surface area contributed by atoms with Gasteiger partial charge in [0.25, 0.3) is 0 Å². The fourth-order valence-electron chi connectivity index (χ4n) is 1.98. The van der Waals surface area contributed by atoms with E-state index >= 15 is 0 Å². The zero-order valence-corrected chi connectivity index (χ0v) is 13.7. The third-order valence-electron chi connectivity index (χ3n) is 3.08. The molecule has 0 aliphatic rings.